The molecule has 0 aliphatic heterocycles. The molecule has 1 amide bonds. The first-order valence-electron chi connectivity index (χ1n) is 8.40. The van der Waals surface area contributed by atoms with E-state index in [4.69, 9.17) is 0 Å². The summed E-state index contributed by atoms with van der Waals surface area (Å²) in [6, 6.07) is 5.13. The van der Waals surface area contributed by atoms with E-state index < -0.39 is 11.6 Å². The number of hydrogen-bond donors (Lipinski definition) is 2. The Labute approximate surface area is 144 Å². The molecule has 0 bridgehead atoms. The first-order valence-corrected chi connectivity index (χ1v) is 8.40. The van der Waals surface area contributed by atoms with Crippen LogP contribution >= 0.6 is 0 Å². The summed E-state index contributed by atoms with van der Waals surface area (Å²) in [6.07, 6.45) is 5.32. The first-order chi connectivity index (χ1) is 12.0. The minimum Gasteiger partial charge on any atom is -0.348 e. The molecule has 1 heterocycles. The predicted molar refractivity (Wildman–Crippen MR) is 90.7 cm³/mol. The van der Waals surface area contributed by atoms with Crippen LogP contribution in [0.5, 0.6) is 0 Å². The highest BCUT2D eigenvalue weighted by Crippen LogP contribution is 2.23. The lowest BCUT2D eigenvalue weighted by Gasteiger charge is -2.22. The predicted octanol–water partition coefficient (Wildman–Crippen LogP) is 3.87. The Morgan fingerprint density at radius 1 is 1.12 bits per heavy atom. The van der Waals surface area contributed by atoms with E-state index in [1.807, 2.05) is 0 Å². The highest BCUT2D eigenvalue weighted by atomic mass is 19.1. The quantitative estimate of drug-likeness (QED) is 0.882. The second-order valence-electron chi connectivity index (χ2n) is 6.22. The molecule has 1 aliphatic carbocycles. The Balaban J connectivity index is 1.79. The van der Waals surface area contributed by atoms with E-state index in [1.54, 1.807) is 6.92 Å². The van der Waals surface area contributed by atoms with Crippen LogP contribution < -0.4 is 10.6 Å². The van der Waals surface area contributed by atoms with Gasteiger partial charge in [-0.3, -0.25) is 4.79 Å². The van der Waals surface area contributed by atoms with Gasteiger partial charge in [-0.25, -0.2) is 18.7 Å². The van der Waals surface area contributed by atoms with E-state index in [0.29, 0.717) is 5.82 Å². The Hall–Kier alpha value is -2.57. The van der Waals surface area contributed by atoms with Crippen LogP contribution in [0.3, 0.4) is 0 Å². The van der Waals surface area contributed by atoms with Crippen LogP contribution in [0.15, 0.2) is 24.3 Å². The topological polar surface area (TPSA) is 66.9 Å². The Bertz CT molecular complexity index is 755. The van der Waals surface area contributed by atoms with Crippen molar-refractivity contribution in [3.05, 3.63) is 47.4 Å². The van der Waals surface area contributed by atoms with E-state index in [2.05, 4.69) is 20.6 Å². The molecule has 2 N–H and O–H groups in total. The number of hydrogen-bond acceptors (Lipinski definition) is 4. The van der Waals surface area contributed by atoms with Crippen molar-refractivity contribution in [2.75, 3.05) is 5.32 Å². The fourth-order valence-electron chi connectivity index (χ4n) is 3.00. The molecule has 1 aromatic heterocycles. The monoisotopic (exact) mass is 346 g/mol. The van der Waals surface area contributed by atoms with Gasteiger partial charge >= 0.3 is 0 Å². The molecule has 7 heteroatoms. The van der Waals surface area contributed by atoms with Crippen molar-refractivity contribution in [2.24, 2.45) is 0 Å². The van der Waals surface area contributed by atoms with Crippen LogP contribution in [-0.4, -0.2) is 21.9 Å². The fraction of sp³-hybridized carbons (Fsp3) is 0.389. The van der Waals surface area contributed by atoms with Gasteiger partial charge in [-0.15, -0.1) is 0 Å². The van der Waals surface area contributed by atoms with E-state index in [-0.39, 0.29) is 29.1 Å². The van der Waals surface area contributed by atoms with E-state index in [1.165, 1.54) is 18.6 Å². The number of aromatic nitrogens is 2. The fourth-order valence-corrected chi connectivity index (χ4v) is 3.00. The molecule has 132 valence electrons. The lowest BCUT2D eigenvalue weighted by molar-refractivity contribution is 0.0922. The summed E-state index contributed by atoms with van der Waals surface area (Å²) < 4.78 is 27.6. The van der Waals surface area contributed by atoms with Crippen molar-refractivity contribution >= 4 is 17.4 Å². The van der Waals surface area contributed by atoms with Gasteiger partial charge in [-0.2, -0.15) is 0 Å². The number of para-hydroxylation sites is 1. The molecule has 1 saturated carbocycles. The summed E-state index contributed by atoms with van der Waals surface area (Å²) in [4.78, 5) is 20.7. The van der Waals surface area contributed by atoms with E-state index in [0.717, 1.165) is 37.8 Å². The van der Waals surface area contributed by atoms with E-state index in [9.17, 15) is 13.6 Å². The third-order valence-corrected chi connectivity index (χ3v) is 4.23. The number of carbonyl (C=O) groups is 1. The van der Waals surface area contributed by atoms with Crippen LogP contribution in [-0.2, 0) is 0 Å². The maximum atomic E-state index is 13.8. The number of carbonyl (C=O) groups excluding carboxylic acids is 1. The second kappa shape index (κ2) is 7.55. The molecule has 0 unspecified atom stereocenters. The van der Waals surface area contributed by atoms with Crippen LogP contribution in [0, 0.1) is 18.6 Å². The lowest BCUT2D eigenvalue weighted by Crippen LogP contribution is -2.36. The van der Waals surface area contributed by atoms with Gasteiger partial charge < -0.3 is 10.6 Å². The number of anilines is 2. The number of nitrogens with one attached hydrogen (secondary N) is 2. The van der Waals surface area contributed by atoms with Gasteiger partial charge in [0.2, 0.25) is 0 Å². The molecule has 1 aromatic carbocycles. The molecule has 1 fully saturated rings. The molecule has 25 heavy (non-hydrogen) atoms. The van der Waals surface area contributed by atoms with Gasteiger partial charge in [0.05, 0.1) is 0 Å². The second-order valence-corrected chi connectivity index (χ2v) is 6.22. The van der Waals surface area contributed by atoms with Gasteiger partial charge in [0.25, 0.3) is 5.91 Å². The van der Waals surface area contributed by atoms with Crippen molar-refractivity contribution in [3.8, 4) is 0 Å². The summed E-state index contributed by atoms with van der Waals surface area (Å²) in [5.41, 5.74) is -0.128. The molecule has 1 aliphatic rings. The normalized spacial score (nSPS) is 15.0. The largest absolute Gasteiger partial charge is 0.348 e. The van der Waals surface area contributed by atoms with E-state index >= 15 is 0 Å². The summed E-state index contributed by atoms with van der Waals surface area (Å²) in [7, 11) is 0. The van der Waals surface area contributed by atoms with Crippen LogP contribution in [0.25, 0.3) is 0 Å². The van der Waals surface area contributed by atoms with Crippen molar-refractivity contribution in [2.45, 2.75) is 45.1 Å². The number of rotatable bonds is 4. The zero-order chi connectivity index (χ0) is 17.8. The number of benzene rings is 1. The number of nitrogens with zero attached hydrogens (tertiary/aromatic N) is 2. The number of halogens is 2. The first kappa shape index (κ1) is 17.3. The molecular weight excluding hydrogens is 326 g/mol. The molecule has 3 rings (SSSR count). The van der Waals surface area contributed by atoms with Gasteiger partial charge in [0, 0.05) is 12.1 Å². The molecule has 0 spiro atoms. The molecule has 2 aromatic rings. The Kier molecular flexibility index (Phi) is 5.21. The van der Waals surface area contributed by atoms with Crippen molar-refractivity contribution in [3.63, 3.8) is 0 Å². The molecule has 0 atom stereocenters. The zero-order valence-electron chi connectivity index (χ0n) is 14.0. The highest BCUT2D eigenvalue weighted by Gasteiger charge is 2.19. The standard InChI is InChI=1S/C18H20F2N4O/c1-11-21-15(18(25)23-12-6-3-2-4-7-12)10-16(22-11)24-17-13(19)8-5-9-14(17)20/h5,8-10,12H,2-4,6-7H2,1H3,(H,23,25)(H,21,22,24). The maximum absolute atomic E-state index is 13.8. The van der Waals surface area contributed by atoms with Crippen molar-refractivity contribution in [1.82, 2.24) is 15.3 Å². The van der Waals surface area contributed by atoms with Crippen molar-refractivity contribution < 1.29 is 13.6 Å². The molecule has 5 nitrogen and oxygen atoms in total. The smallest absolute Gasteiger partial charge is 0.270 e. The zero-order valence-corrected chi connectivity index (χ0v) is 14.0. The van der Waals surface area contributed by atoms with Crippen molar-refractivity contribution in [1.29, 1.82) is 0 Å². The van der Waals surface area contributed by atoms with Gasteiger partial charge in [0.1, 0.15) is 34.7 Å². The van der Waals surface area contributed by atoms with Gasteiger partial charge in [-0.1, -0.05) is 25.3 Å². The van der Waals surface area contributed by atoms with Crippen LogP contribution in [0.1, 0.15) is 48.4 Å². The summed E-state index contributed by atoms with van der Waals surface area (Å²) in [6.45, 7) is 1.63. The molecule has 0 saturated heterocycles. The average Bonchev–Trinajstić information content (AvgIpc) is 2.59. The SMILES string of the molecule is Cc1nc(Nc2c(F)cccc2F)cc(C(=O)NC2CCCCC2)n1. The summed E-state index contributed by atoms with van der Waals surface area (Å²) >= 11 is 0. The van der Waals surface area contributed by atoms with Crippen LogP contribution in [0.4, 0.5) is 20.3 Å². The van der Waals surface area contributed by atoms with Crippen LogP contribution in [0.2, 0.25) is 0 Å². The third kappa shape index (κ3) is 4.29. The minimum atomic E-state index is -0.732. The average molecular weight is 346 g/mol. The van der Waals surface area contributed by atoms with Gasteiger partial charge in [0.15, 0.2) is 0 Å². The molecule has 0 radical (unpaired) electrons. The molecular formula is C18H20F2N4O. The lowest BCUT2D eigenvalue weighted by atomic mass is 9.95. The third-order valence-electron chi connectivity index (χ3n) is 4.23. The minimum absolute atomic E-state index is 0.150. The highest BCUT2D eigenvalue weighted by molar-refractivity contribution is 5.93. The Morgan fingerprint density at radius 3 is 2.48 bits per heavy atom. The summed E-state index contributed by atoms with van der Waals surface area (Å²) in [5.74, 6) is -1.25. The number of aryl methyl sites for hydroxylation is 1. The maximum Gasteiger partial charge on any atom is 0.270 e. The Morgan fingerprint density at radius 2 is 1.80 bits per heavy atom. The summed E-state index contributed by atoms with van der Waals surface area (Å²) in [5, 5.41) is 5.57. The number of amides is 1. The van der Waals surface area contributed by atoms with Gasteiger partial charge in [-0.05, 0) is 31.9 Å².